The van der Waals surface area contributed by atoms with Crippen LogP contribution in [0.4, 0.5) is 11.4 Å². The predicted octanol–water partition coefficient (Wildman–Crippen LogP) is 4.98. The Morgan fingerprint density at radius 3 is 2.33 bits per heavy atom. The Morgan fingerprint density at radius 1 is 0.850 bits per heavy atom. The highest BCUT2D eigenvalue weighted by Gasteiger charge is 2.26. The third-order valence-corrected chi connectivity index (χ3v) is 8.96. The van der Waals surface area contributed by atoms with Crippen LogP contribution >= 0.6 is 22.7 Å². The lowest BCUT2D eigenvalue weighted by atomic mass is 9.84. The van der Waals surface area contributed by atoms with Crippen LogP contribution in [0.3, 0.4) is 0 Å². The highest BCUT2D eigenvalue weighted by Crippen LogP contribution is 2.40. The Kier molecular flexibility index (Phi) is 5.83. The van der Waals surface area contributed by atoms with Gasteiger partial charge in [0, 0.05) is 21.8 Å². The minimum atomic E-state index is -0.399. The summed E-state index contributed by atoms with van der Waals surface area (Å²) in [7, 11) is 0. The van der Waals surface area contributed by atoms with Crippen molar-refractivity contribution in [3.05, 3.63) is 113 Å². The zero-order chi connectivity index (χ0) is 27.4. The summed E-state index contributed by atoms with van der Waals surface area (Å²) in [5.41, 5.74) is 18.4. The number of nitrogens with zero attached hydrogens (tertiary/aromatic N) is 3. The molecule has 0 radical (unpaired) electrons. The van der Waals surface area contributed by atoms with Crippen molar-refractivity contribution in [1.29, 1.82) is 0 Å². The normalized spacial score (nSPS) is 14.8. The molecular weight excluding hydrogens is 539 g/mol. The molecule has 0 saturated carbocycles. The number of nitrogen functional groups attached to an aromatic ring is 2. The average molecular weight is 562 g/mol. The molecule has 0 saturated heterocycles. The molecule has 7 nitrogen and oxygen atoms in total. The second-order valence-corrected chi connectivity index (χ2v) is 11.8. The molecule has 0 amide bonds. The lowest BCUT2D eigenvalue weighted by Crippen LogP contribution is -2.31. The molecule has 4 heterocycles. The van der Waals surface area contributed by atoms with Gasteiger partial charge in [0.25, 0.3) is 11.1 Å². The lowest BCUT2D eigenvalue weighted by molar-refractivity contribution is 0.815. The number of aromatic nitrogens is 3. The fourth-order valence-electron chi connectivity index (χ4n) is 5.31. The summed E-state index contributed by atoms with van der Waals surface area (Å²) in [6.45, 7) is 0. The third kappa shape index (κ3) is 4.11. The van der Waals surface area contributed by atoms with E-state index in [0.29, 0.717) is 31.9 Å². The Bertz CT molecular complexity index is 2130. The van der Waals surface area contributed by atoms with E-state index in [9.17, 15) is 9.59 Å². The van der Waals surface area contributed by atoms with E-state index >= 15 is 0 Å². The van der Waals surface area contributed by atoms with Gasteiger partial charge in [-0.2, -0.15) is 4.98 Å². The minimum Gasteiger partial charge on any atom is -0.399 e. The van der Waals surface area contributed by atoms with Crippen LogP contribution in [0, 0.1) is 0 Å². The number of nitrogens with two attached hydrogens (primary N) is 2. The van der Waals surface area contributed by atoms with E-state index in [4.69, 9.17) is 21.4 Å². The number of fused-ring (bicyclic) bond motifs is 3. The number of thiophene rings is 1. The maximum Gasteiger partial charge on any atom is 0.277 e. The zero-order valence-corrected chi connectivity index (χ0v) is 22.9. The quantitative estimate of drug-likeness (QED) is 0.294. The molecule has 6 aromatic rings. The molecule has 0 aliphatic heterocycles. The summed E-state index contributed by atoms with van der Waals surface area (Å²) >= 11 is 2.74. The third-order valence-electron chi connectivity index (χ3n) is 7.17. The topological polar surface area (TPSA) is 116 Å². The molecule has 4 N–H and O–H groups in total. The number of benzene rings is 2. The summed E-state index contributed by atoms with van der Waals surface area (Å²) in [6, 6.07) is 19.1. The van der Waals surface area contributed by atoms with Crippen LogP contribution in [0.25, 0.3) is 44.8 Å². The second kappa shape index (κ2) is 9.55. The van der Waals surface area contributed by atoms with Crippen LogP contribution < -0.4 is 27.1 Å². The molecule has 7 rings (SSSR count). The maximum absolute atomic E-state index is 14.1. The van der Waals surface area contributed by atoms with E-state index in [2.05, 4.69) is 6.08 Å². The number of rotatable bonds is 3. The Morgan fingerprint density at radius 2 is 1.60 bits per heavy atom. The molecule has 4 aromatic heterocycles. The van der Waals surface area contributed by atoms with Crippen molar-refractivity contribution in [3.8, 4) is 11.1 Å². The summed E-state index contributed by atoms with van der Waals surface area (Å²) in [6.07, 6.45) is 6.45. The minimum absolute atomic E-state index is 0.334. The van der Waals surface area contributed by atoms with Crippen molar-refractivity contribution in [2.75, 3.05) is 11.5 Å². The molecule has 0 bridgehead atoms. The number of thiazole rings is 1. The van der Waals surface area contributed by atoms with Gasteiger partial charge in [-0.3, -0.25) is 9.59 Å². The highest BCUT2D eigenvalue weighted by molar-refractivity contribution is 7.15. The largest absolute Gasteiger partial charge is 0.399 e. The predicted molar refractivity (Wildman–Crippen MR) is 166 cm³/mol. The lowest BCUT2D eigenvalue weighted by Gasteiger charge is -2.23. The average Bonchev–Trinajstić information content (AvgIpc) is 3.58. The SMILES string of the molecule is Nc1ccc(/C=C2/CCCc3c2nc2nc4s/c(=C\c5cccs5)c(=O)n4c(=O)c2c3-c2ccc(N)cc2)cc1. The molecule has 0 unspecified atom stereocenters. The Labute approximate surface area is 236 Å². The van der Waals surface area contributed by atoms with Gasteiger partial charge >= 0.3 is 0 Å². The van der Waals surface area contributed by atoms with Crippen molar-refractivity contribution in [2.45, 2.75) is 19.3 Å². The van der Waals surface area contributed by atoms with Gasteiger partial charge in [-0.1, -0.05) is 41.7 Å². The van der Waals surface area contributed by atoms with Crippen molar-refractivity contribution in [3.63, 3.8) is 0 Å². The molecule has 0 spiro atoms. The number of allylic oxidation sites excluding steroid dienone is 1. The first kappa shape index (κ1) is 24.4. The van der Waals surface area contributed by atoms with Gasteiger partial charge < -0.3 is 11.5 Å². The smallest absolute Gasteiger partial charge is 0.277 e. The van der Waals surface area contributed by atoms with E-state index in [1.165, 1.54) is 27.1 Å². The molecule has 40 heavy (non-hydrogen) atoms. The van der Waals surface area contributed by atoms with Crippen molar-refractivity contribution < 1.29 is 0 Å². The number of pyridine rings is 1. The van der Waals surface area contributed by atoms with Crippen molar-refractivity contribution in [1.82, 2.24) is 14.4 Å². The van der Waals surface area contributed by atoms with Crippen LogP contribution in [0.5, 0.6) is 0 Å². The maximum atomic E-state index is 14.1. The molecule has 196 valence electrons. The fourth-order valence-corrected chi connectivity index (χ4v) is 6.99. The first-order chi connectivity index (χ1) is 19.5. The number of anilines is 2. The van der Waals surface area contributed by atoms with Gasteiger partial charge in [0.2, 0.25) is 4.96 Å². The van der Waals surface area contributed by atoms with Crippen LogP contribution in [0.1, 0.15) is 34.5 Å². The molecule has 0 atom stereocenters. The van der Waals surface area contributed by atoms with E-state index in [1.54, 1.807) is 0 Å². The summed E-state index contributed by atoms with van der Waals surface area (Å²) in [5, 5.41) is 2.30. The van der Waals surface area contributed by atoms with Crippen LogP contribution in [-0.2, 0) is 6.42 Å². The monoisotopic (exact) mass is 561 g/mol. The molecule has 0 fully saturated rings. The highest BCUT2D eigenvalue weighted by atomic mass is 32.1. The van der Waals surface area contributed by atoms with Gasteiger partial charge in [0.05, 0.1) is 15.6 Å². The van der Waals surface area contributed by atoms with E-state index < -0.39 is 5.56 Å². The van der Waals surface area contributed by atoms with Crippen LogP contribution in [-0.4, -0.2) is 14.4 Å². The van der Waals surface area contributed by atoms with Gasteiger partial charge in [-0.15, -0.1) is 11.3 Å². The molecule has 1 aliphatic carbocycles. The van der Waals surface area contributed by atoms with E-state index in [1.807, 2.05) is 72.1 Å². The van der Waals surface area contributed by atoms with Crippen molar-refractivity contribution >= 4 is 67.8 Å². The standard InChI is InChI=1S/C31H23N5O2S2/c32-20-10-6-17(7-11-20)15-19-3-1-5-23-25(18-8-12-21(33)13-9-18)26-28(34-27(19)23)35-31-36(30(26)38)29(37)24(40-31)16-22-4-2-14-39-22/h2,4,6-16H,1,3,5,32-33H2/b19-15-,24-16-. The van der Waals surface area contributed by atoms with Gasteiger partial charge in [-0.05, 0) is 89.4 Å². The Balaban J connectivity index is 1.56. The molecule has 9 heteroatoms. The number of hydrogen-bond donors (Lipinski definition) is 2. The molecule has 2 aromatic carbocycles. The summed E-state index contributed by atoms with van der Waals surface area (Å²) < 4.78 is 1.65. The second-order valence-electron chi connectivity index (χ2n) is 9.79. The molecular formula is C31H23N5O2S2. The first-order valence-electron chi connectivity index (χ1n) is 12.9. The fraction of sp³-hybridized carbons (Fsp3) is 0.0968. The summed E-state index contributed by atoms with van der Waals surface area (Å²) in [4.78, 5) is 38.6. The summed E-state index contributed by atoms with van der Waals surface area (Å²) in [5.74, 6) is 0. The Hall–Kier alpha value is -4.60. The van der Waals surface area contributed by atoms with Crippen LogP contribution in [0.2, 0.25) is 0 Å². The number of hydrogen-bond acceptors (Lipinski definition) is 8. The van der Waals surface area contributed by atoms with Crippen LogP contribution in [0.15, 0.2) is 75.6 Å². The van der Waals surface area contributed by atoms with E-state index in [0.717, 1.165) is 57.7 Å². The van der Waals surface area contributed by atoms with Gasteiger partial charge in [-0.25, -0.2) is 9.38 Å². The first-order valence-corrected chi connectivity index (χ1v) is 14.6. The van der Waals surface area contributed by atoms with E-state index in [-0.39, 0.29) is 5.56 Å². The zero-order valence-electron chi connectivity index (χ0n) is 21.3. The van der Waals surface area contributed by atoms with Crippen molar-refractivity contribution in [2.24, 2.45) is 0 Å². The van der Waals surface area contributed by atoms with Gasteiger partial charge in [0.1, 0.15) is 0 Å². The molecule has 1 aliphatic rings. The van der Waals surface area contributed by atoms with Gasteiger partial charge in [0.15, 0.2) is 5.65 Å².